The van der Waals surface area contributed by atoms with Crippen LogP contribution in [0.25, 0.3) is 0 Å². The van der Waals surface area contributed by atoms with E-state index in [2.05, 4.69) is 67.2 Å². The standard InChI is InChI=1S/C23H31ClN4O/c1-17-16-27(21-20(24)6-5-12-25-21)14-15-28(17)22(29)26-13-11-18-7-9-19(10-8-18)23(2,3)4/h5-10,12,17H,11,13-16H2,1-4H3,(H,26,29). The van der Waals surface area contributed by atoms with Gasteiger partial charge in [-0.1, -0.05) is 56.6 Å². The van der Waals surface area contributed by atoms with Crippen molar-refractivity contribution in [1.82, 2.24) is 15.2 Å². The topological polar surface area (TPSA) is 48.5 Å². The first-order valence-electron chi connectivity index (χ1n) is 10.2. The summed E-state index contributed by atoms with van der Waals surface area (Å²) < 4.78 is 0. The summed E-state index contributed by atoms with van der Waals surface area (Å²) in [4.78, 5) is 21.1. The predicted octanol–water partition coefficient (Wildman–Crippen LogP) is 4.50. The number of aromatic nitrogens is 1. The van der Waals surface area contributed by atoms with E-state index in [1.807, 2.05) is 17.0 Å². The molecule has 2 aromatic rings. The van der Waals surface area contributed by atoms with E-state index >= 15 is 0 Å². The van der Waals surface area contributed by atoms with E-state index in [9.17, 15) is 4.79 Å². The van der Waals surface area contributed by atoms with Crippen LogP contribution in [0.5, 0.6) is 0 Å². The summed E-state index contributed by atoms with van der Waals surface area (Å²) in [6.07, 6.45) is 2.58. The van der Waals surface area contributed by atoms with Crippen molar-refractivity contribution in [2.75, 3.05) is 31.1 Å². The average Bonchev–Trinajstić information content (AvgIpc) is 2.68. The number of rotatable bonds is 4. The Bertz CT molecular complexity index is 832. The maximum Gasteiger partial charge on any atom is 0.317 e. The second kappa shape index (κ2) is 9.04. The Balaban J connectivity index is 1.48. The molecule has 3 rings (SSSR count). The van der Waals surface area contributed by atoms with E-state index in [0.29, 0.717) is 18.1 Å². The summed E-state index contributed by atoms with van der Waals surface area (Å²) in [6, 6.07) is 12.4. The summed E-state index contributed by atoms with van der Waals surface area (Å²) in [5, 5.41) is 3.72. The molecule has 1 aromatic heterocycles. The number of hydrogen-bond acceptors (Lipinski definition) is 3. The van der Waals surface area contributed by atoms with E-state index in [0.717, 1.165) is 25.3 Å². The second-order valence-corrected chi connectivity index (χ2v) is 9.13. The minimum atomic E-state index is -0.00409. The Kier molecular flexibility index (Phi) is 6.68. The van der Waals surface area contributed by atoms with Crippen molar-refractivity contribution >= 4 is 23.4 Å². The number of benzene rings is 1. The van der Waals surface area contributed by atoms with Crippen LogP contribution in [-0.2, 0) is 11.8 Å². The first kappa shape index (κ1) is 21.4. The first-order chi connectivity index (χ1) is 13.8. The average molecular weight is 415 g/mol. The summed E-state index contributed by atoms with van der Waals surface area (Å²) in [7, 11) is 0. The molecule has 1 fully saturated rings. The molecule has 1 aliphatic rings. The number of pyridine rings is 1. The van der Waals surface area contributed by atoms with Gasteiger partial charge in [-0.3, -0.25) is 0 Å². The lowest BCUT2D eigenvalue weighted by Gasteiger charge is -2.40. The SMILES string of the molecule is CC1CN(c2ncccc2Cl)CCN1C(=O)NCCc1ccc(C(C)(C)C)cc1. The van der Waals surface area contributed by atoms with Gasteiger partial charge in [0.25, 0.3) is 0 Å². The molecule has 0 spiro atoms. The molecule has 2 heterocycles. The Morgan fingerprint density at radius 3 is 2.55 bits per heavy atom. The number of hydrogen-bond donors (Lipinski definition) is 1. The van der Waals surface area contributed by atoms with Gasteiger partial charge in [-0.2, -0.15) is 0 Å². The number of anilines is 1. The minimum Gasteiger partial charge on any atom is -0.352 e. The predicted molar refractivity (Wildman–Crippen MR) is 120 cm³/mol. The van der Waals surface area contributed by atoms with Crippen molar-refractivity contribution in [3.05, 3.63) is 58.7 Å². The molecule has 6 heteroatoms. The number of nitrogens with zero attached hydrogens (tertiary/aromatic N) is 3. The highest BCUT2D eigenvalue weighted by Crippen LogP contribution is 2.25. The van der Waals surface area contributed by atoms with Crippen molar-refractivity contribution in [2.45, 2.75) is 45.6 Å². The fraction of sp³-hybridized carbons (Fsp3) is 0.478. The zero-order chi connectivity index (χ0) is 21.0. The molecule has 1 aromatic carbocycles. The highest BCUT2D eigenvalue weighted by atomic mass is 35.5. The lowest BCUT2D eigenvalue weighted by atomic mass is 9.86. The Labute approximate surface area is 179 Å². The largest absolute Gasteiger partial charge is 0.352 e. The summed E-state index contributed by atoms with van der Waals surface area (Å²) >= 11 is 6.27. The Hall–Kier alpha value is -2.27. The lowest BCUT2D eigenvalue weighted by molar-refractivity contribution is 0.171. The molecule has 1 aliphatic heterocycles. The van der Waals surface area contributed by atoms with Gasteiger partial charge in [0.15, 0.2) is 0 Å². The molecule has 0 radical (unpaired) electrons. The number of urea groups is 1. The summed E-state index contributed by atoms with van der Waals surface area (Å²) in [6.45, 7) is 11.4. The van der Waals surface area contributed by atoms with E-state index in [1.165, 1.54) is 11.1 Å². The third-order valence-electron chi connectivity index (χ3n) is 5.44. The maximum atomic E-state index is 12.6. The second-order valence-electron chi connectivity index (χ2n) is 8.73. The van der Waals surface area contributed by atoms with Gasteiger partial charge in [0, 0.05) is 38.4 Å². The monoisotopic (exact) mass is 414 g/mol. The third kappa shape index (κ3) is 5.41. The molecular weight excluding hydrogens is 384 g/mol. The maximum absolute atomic E-state index is 12.6. The van der Waals surface area contributed by atoms with Crippen molar-refractivity contribution in [1.29, 1.82) is 0 Å². The number of amides is 2. The van der Waals surface area contributed by atoms with Crippen LogP contribution in [0.2, 0.25) is 5.02 Å². The molecule has 1 saturated heterocycles. The minimum absolute atomic E-state index is 0.00409. The van der Waals surface area contributed by atoms with Crippen LogP contribution < -0.4 is 10.2 Å². The first-order valence-corrected chi connectivity index (χ1v) is 10.6. The Morgan fingerprint density at radius 1 is 1.21 bits per heavy atom. The van der Waals surface area contributed by atoms with Crippen molar-refractivity contribution in [3.63, 3.8) is 0 Å². The molecule has 1 unspecified atom stereocenters. The fourth-order valence-electron chi connectivity index (χ4n) is 3.65. The van der Waals surface area contributed by atoms with Crippen LogP contribution in [-0.4, -0.2) is 48.1 Å². The van der Waals surface area contributed by atoms with Crippen molar-refractivity contribution < 1.29 is 4.79 Å². The van der Waals surface area contributed by atoms with Crippen molar-refractivity contribution in [2.24, 2.45) is 0 Å². The molecule has 2 amide bonds. The smallest absolute Gasteiger partial charge is 0.317 e. The number of halogens is 1. The van der Waals surface area contributed by atoms with Crippen LogP contribution >= 0.6 is 11.6 Å². The highest BCUT2D eigenvalue weighted by molar-refractivity contribution is 6.32. The fourth-order valence-corrected chi connectivity index (χ4v) is 3.89. The summed E-state index contributed by atoms with van der Waals surface area (Å²) in [5.74, 6) is 0.791. The molecular formula is C23H31ClN4O. The Morgan fingerprint density at radius 2 is 1.93 bits per heavy atom. The molecule has 0 saturated carbocycles. The quantitative estimate of drug-likeness (QED) is 0.801. The van der Waals surface area contributed by atoms with Crippen LogP contribution in [0.4, 0.5) is 10.6 Å². The molecule has 29 heavy (non-hydrogen) atoms. The van der Waals surface area contributed by atoms with Gasteiger partial charge in [-0.05, 0) is 42.0 Å². The van der Waals surface area contributed by atoms with Crippen LogP contribution in [0.15, 0.2) is 42.6 Å². The van der Waals surface area contributed by atoms with Gasteiger partial charge in [0.2, 0.25) is 0 Å². The molecule has 1 atom stereocenters. The summed E-state index contributed by atoms with van der Waals surface area (Å²) in [5.41, 5.74) is 2.72. The zero-order valence-corrected chi connectivity index (χ0v) is 18.5. The molecule has 5 nitrogen and oxygen atoms in total. The van der Waals surface area contributed by atoms with Gasteiger partial charge in [-0.25, -0.2) is 9.78 Å². The van der Waals surface area contributed by atoms with Gasteiger partial charge in [-0.15, -0.1) is 0 Å². The number of piperazine rings is 1. The zero-order valence-electron chi connectivity index (χ0n) is 17.8. The normalized spacial score (nSPS) is 17.3. The van der Waals surface area contributed by atoms with Gasteiger partial charge in [0.1, 0.15) is 5.82 Å². The van der Waals surface area contributed by atoms with Gasteiger partial charge < -0.3 is 15.1 Å². The van der Waals surface area contributed by atoms with Gasteiger partial charge in [0.05, 0.1) is 5.02 Å². The number of carbonyl (C=O) groups excluding carboxylic acids is 1. The molecule has 1 N–H and O–H groups in total. The van der Waals surface area contributed by atoms with E-state index in [-0.39, 0.29) is 17.5 Å². The molecule has 0 aliphatic carbocycles. The van der Waals surface area contributed by atoms with Gasteiger partial charge >= 0.3 is 6.03 Å². The number of carbonyl (C=O) groups is 1. The van der Waals surface area contributed by atoms with Crippen LogP contribution in [0, 0.1) is 0 Å². The molecule has 0 bridgehead atoms. The highest BCUT2D eigenvalue weighted by Gasteiger charge is 2.28. The molecule has 156 valence electrons. The van der Waals surface area contributed by atoms with Crippen LogP contribution in [0.1, 0.15) is 38.8 Å². The van der Waals surface area contributed by atoms with Crippen LogP contribution in [0.3, 0.4) is 0 Å². The number of nitrogens with one attached hydrogen (secondary N) is 1. The van der Waals surface area contributed by atoms with E-state index in [4.69, 9.17) is 11.6 Å². The third-order valence-corrected chi connectivity index (χ3v) is 5.73. The van der Waals surface area contributed by atoms with Crippen molar-refractivity contribution in [3.8, 4) is 0 Å². The van der Waals surface area contributed by atoms with E-state index in [1.54, 1.807) is 6.20 Å². The van der Waals surface area contributed by atoms with E-state index < -0.39 is 0 Å². The lowest BCUT2D eigenvalue weighted by Crippen LogP contribution is -2.57.